The van der Waals surface area contributed by atoms with Gasteiger partial charge in [0.25, 0.3) is 0 Å². The number of hydrazone groups is 1. The van der Waals surface area contributed by atoms with Gasteiger partial charge >= 0.3 is 0 Å². The molecule has 0 fully saturated rings. The Bertz CT molecular complexity index is 1440. The van der Waals surface area contributed by atoms with Crippen LogP contribution >= 0.6 is 0 Å². The summed E-state index contributed by atoms with van der Waals surface area (Å²) in [7, 11) is 3.32. The van der Waals surface area contributed by atoms with Crippen molar-refractivity contribution >= 4 is 33.6 Å². The quantitative estimate of drug-likeness (QED) is 0.188. The van der Waals surface area contributed by atoms with Crippen LogP contribution in [0.3, 0.4) is 0 Å². The minimum atomic E-state index is 0.806. The van der Waals surface area contributed by atoms with Crippen molar-refractivity contribution in [2.24, 2.45) is 5.10 Å². The van der Waals surface area contributed by atoms with Gasteiger partial charge in [0, 0.05) is 21.9 Å². The molecular formula is C28H23N3O2. The summed E-state index contributed by atoms with van der Waals surface area (Å²) in [5.41, 5.74) is 7.81. The normalized spacial score (nSPS) is 11.2. The van der Waals surface area contributed by atoms with Gasteiger partial charge in [-0.3, -0.25) is 5.43 Å². The van der Waals surface area contributed by atoms with Crippen LogP contribution in [0.15, 0.2) is 96.1 Å². The lowest BCUT2D eigenvalue weighted by atomic mass is 10.0. The Kier molecular flexibility index (Phi) is 5.60. The fourth-order valence-electron chi connectivity index (χ4n) is 3.84. The van der Waals surface area contributed by atoms with Crippen LogP contribution in [-0.4, -0.2) is 25.4 Å². The molecule has 0 saturated carbocycles. The van der Waals surface area contributed by atoms with Gasteiger partial charge in [-0.05, 0) is 60.0 Å². The second kappa shape index (κ2) is 9.01. The average molecular weight is 434 g/mol. The van der Waals surface area contributed by atoms with Gasteiger partial charge in [0.15, 0.2) is 0 Å². The van der Waals surface area contributed by atoms with E-state index in [2.05, 4.69) is 40.9 Å². The zero-order chi connectivity index (χ0) is 22.6. The molecule has 5 rings (SSSR count). The summed E-state index contributed by atoms with van der Waals surface area (Å²) in [4.78, 5) is 5.04. The molecule has 5 aromatic rings. The zero-order valence-corrected chi connectivity index (χ0v) is 18.4. The van der Waals surface area contributed by atoms with Gasteiger partial charge in [0.05, 0.1) is 37.3 Å². The van der Waals surface area contributed by atoms with Crippen LogP contribution in [0, 0.1) is 0 Å². The number of rotatable bonds is 6. The summed E-state index contributed by atoms with van der Waals surface area (Å²) < 4.78 is 10.5. The fraction of sp³-hybridized carbons (Fsp3) is 0.0714. The summed E-state index contributed by atoms with van der Waals surface area (Å²) in [6, 6.07) is 30.2. The Morgan fingerprint density at radius 2 is 1.45 bits per heavy atom. The van der Waals surface area contributed by atoms with Crippen LogP contribution < -0.4 is 14.9 Å². The number of hydrogen-bond donors (Lipinski definition) is 1. The number of methoxy groups -OCH3 is 2. The molecular weight excluding hydrogens is 410 g/mol. The highest BCUT2D eigenvalue weighted by Crippen LogP contribution is 2.30. The minimum absolute atomic E-state index is 0.806. The van der Waals surface area contributed by atoms with Gasteiger partial charge in [0.2, 0.25) is 0 Å². The number of anilines is 1. The maximum atomic E-state index is 5.31. The molecule has 0 unspecified atom stereocenters. The molecule has 1 heterocycles. The van der Waals surface area contributed by atoms with Crippen LogP contribution in [0.4, 0.5) is 5.69 Å². The van der Waals surface area contributed by atoms with Crippen LogP contribution in [0.1, 0.15) is 5.56 Å². The van der Waals surface area contributed by atoms with Crippen molar-refractivity contribution in [2.75, 3.05) is 19.6 Å². The molecule has 0 atom stereocenters. The molecule has 162 valence electrons. The molecule has 0 spiro atoms. The van der Waals surface area contributed by atoms with E-state index in [1.807, 2.05) is 66.9 Å². The molecule has 33 heavy (non-hydrogen) atoms. The largest absolute Gasteiger partial charge is 0.497 e. The topological polar surface area (TPSA) is 55.7 Å². The minimum Gasteiger partial charge on any atom is -0.497 e. The number of nitrogens with one attached hydrogen (secondary N) is 1. The molecule has 0 aliphatic carbocycles. The van der Waals surface area contributed by atoms with Gasteiger partial charge in [0.1, 0.15) is 11.5 Å². The van der Waals surface area contributed by atoms with Crippen LogP contribution in [0.5, 0.6) is 11.5 Å². The van der Waals surface area contributed by atoms with Gasteiger partial charge in [-0.2, -0.15) is 5.10 Å². The number of nitrogens with zero attached hydrogens (tertiary/aromatic N) is 2. The molecule has 1 N–H and O–H groups in total. The van der Waals surface area contributed by atoms with E-state index >= 15 is 0 Å². The van der Waals surface area contributed by atoms with Crippen molar-refractivity contribution in [3.05, 3.63) is 96.6 Å². The standard InChI is InChI=1S/C28H23N3O2/c1-32-23-12-7-20(8-13-23)27-17-21(18-29-31-22-10-14-24(33-2)15-11-22)26-16-9-19-5-3-4-6-25(19)28(26)30-27/h3-18,31H,1-2H3/b29-18+. The second-order valence-electron chi connectivity index (χ2n) is 7.61. The number of pyridine rings is 1. The third-order valence-corrected chi connectivity index (χ3v) is 5.61. The van der Waals surface area contributed by atoms with E-state index in [-0.39, 0.29) is 0 Å². The Balaban J connectivity index is 1.59. The monoisotopic (exact) mass is 433 g/mol. The van der Waals surface area contributed by atoms with E-state index in [0.717, 1.165) is 55.7 Å². The molecule has 5 heteroatoms. The smallest absolute Gasteiger partial charge is 0.119 e. The first-order valence-electron chi connectivity index (χ1n) is 10.7. The van der Waals surface area contributed by atoms with Crippen LogP contribution in [-0.2, 0) is 0 Å². The molecule has 0 amide bonds. The fourth-order valence-corrected chi connectivity index (χ4v) is 3.84. The maximum Gasteiger partial charge on any atom is 0.119 e. The highest BCUT2D eigenvalue weighted by Gasteiger charge is 2.10. The van der Waals surface area contributed by atoms with Gasteiger partial charge in [-0.15, -0.1) is 0 Å². The molecule has 0 aliphatic rings. The highest BCUT2D eigenvalue weighted by molar-refractivity contribution is 6.11. The van der Waals surface area contributed by atoms with E-state index < -0.39 is 0 Å². The summed E-state index contributed by atoms with van der Waals surface area (Å²) in [6.07, 6.45) is 1.84. The average Bonchev–Trinajstić information content (AvgIpc) is 2.89. The number of fused-ring (bicyclic) bond motifs is 3. The predicted molar refractivity (Wildman–Crippen MR) is 135 cm³/mol. The summed E-state index contributed by atoms with van der Waals surface area (Å²) in [5, 5.41) is 7.81. The number of aromatic nitrogens is 1. The summed E-state index contributed by atoms with van der Waals surface area (Å²) in [6.45, 7) is 0. The van der Waals surface area contributed by atoms with Crippen LogP contribution in [0.2, 0.25) is 0 Å². The lowest BCUT2D eigenvalue weighted by molar-refractivity contribution is 0.415. The first-order chi connectivity index (χ1) is 16.2. The van der Waals surface area contributed by atoms with E-state index in [4.69, 9.17) is 14.5 Å². The molecule has 0 aliphatic heterocycles. The molecule has 0 saturated heterocycles. The number of benzene rings is 4. The number of hydrogen-bond acceptors (Lipinski definition) is 5. The Morgan fingerprint density at radius 1 is 0.758 bits per heavy atom. The molecule has 0 bridgehead atoms. The first-order valence-corrected chi connectivity index (χ1v) is 10.7. The van der Waals surface area contributed by atoms with Gasteiger partial charge in [-0.25, -0.2) is 4.98 Å². The maximum absolute atomic E-state index is 5.31. The number of ether oxygens (including phenoxy) is 2. The lowest BCUT2D eigenvalue weighted by Crippen LogP contribution is -1.96. The third-order valence-electron chi connectivity index (χ3n) is 5.61. The van der Waals surface area contributed by atoms with Crippen molar-refractivity contribution in [2.45, 2.75) is 0 Å². The van der Waals surface area contributed by atoms with Crippen molar-refractivity contribution in [1.29, 1.82) is 0 Å². The van der Waals surface area contributed by atoms with Gasteiger partial charge in [-0.1, -0.05) is 36.4 Å². The molecule has 0 radical (unpaired) electrons. The van der Waals surface area contributed by atoms with E-state index in [0.29, 0.717) is 0 Å². The summed E-state index contributed by atoms with van der Waals surface area (Å²) >= 11 is 0. The lowest BCUT2D eigenvalue weighted by Gasteiger charge is -2.10. The third kappa shape index (κ3) is 4.21. The Hall–Kier alpha value is -4.38. The Labute approximate surface area is 192 Å². The Morgan fingerprint density at radius 3 is 2.18 bits per heavy atom. The highest BCUT2D eigenvalue weighted by atomic mass is 16.5. The van der Waals surface area contributed by atoms with Crippen molar-refractivity contribution in [1.82, 2.24) is 4.98 Å². The predicted octanol–water partition coefficient (Wildman–Crippen LogP) is 6.52. The SMILES string of the molecule is COc1ccc(N/N=C/c2cc(-c3ccc(OC)cc3)nc3c2ccc2ccccc23)cc1. The second-order valence-corrected chi connectivity index (χ2v) is 7.61. The zero-order valence-electron chi connectivity index (χ0n) is 18.4. The van der Waals surface area contributed by atoms with Gasteiger partial charge < -0.3 is 9.47 Å². The summed E-state index contributed by atoms with van der Waals surface area (Å²) in [5.74, 6) is 1.62. The van der Waals surface area contributed by atoms with Crippen molar-refractivity contribution < 1.29 is 9.47 Å². The van der Waals surface area contributed by atoms with Crippen molar-refractivity contribution in [3.8, 4) is 22.8 Å². The molecule has 4 aromatic carbocycles. The van der Waals surface area contributed by atoms with E-state index in [9.17, 15) is 0 Å². The van der Waals surface area contributed by atoms with Crippen LogP contribution in [0.25, 0.3) is 32.9 Å². The van der Waals surface area contributed by atoms with E-state index in [1.165, 1.54) is 0 Å². The first kappa shape index (κ1) is 20.5. The van der Waals surface area contributed by atoms with Crippen molar-refractivity contribution in [3.63, 3.8) is 0 Å². The van der Waals surface area contributed by atoms with E-state index in [1.54, 1.807) is 14.2 Å². The molecule has 1 aromatic heterocycles. The molecule has 5 nitrogen and oxygen atoms in total.